The van der Waals surface area contributed by atoms with Gasteiger partial charge >= 0.3 is 0 Å². The standard InChI is InChI=1S/C23H25F2N3OS.C22H23F2N3OS/c24-18-11-12-20(25)19(15-18)21-27-28(22(29)16-7-4-5-8-16)23(30-21,13-6-14-26)17-9-2-1-3-10-17;23-17-10-11-19(24)18(14-17)20-26-27(21(28)15-6-4-7-15)22(29-20,12-5-13-25)16-8-2-1-3-9-16/h1-3,9-12,15-16H,4-8,13-14,26H2;1-3,8-11,14-15H,4-7,12-13,25H2. The zero-order chi connectivity index (χ0) is 41.6. The molecule has 4 aliphatic rings. The maximum Gasteiger partial charge on any atom is 0.247 e. The molecule has 4 aromatic rings. The molecule has 2 aliphatic heterocycles. The van der Waals surface area contributed by atoms with E-state index in [1.165, 1.54) is 28.5 Å². The third-order valence-corrected chi connectivity index (χ3v) is 14.3. The smallest absolute Gasteiger partial charge is 0.247 e. The first-order chi connectivity index (χ1) is 28.6. The Morgan fingerprint density at radius 3 is 1.34 bits per heavy atom. The van der Waals surface area contributed by atoms with Crippen LogP contribution >= 0.6 is 23.5 Å². The van der Waals surface area contributed by atoms with Crippen molar-refractivity contribution in [1.29, 1.82) is 0 Å². The topological polar surface area (TPSA) is 117 Å². The fraction of sp³-hybridized carbons (Fsp3) is 0.378. The van der Waals surface area contributed by atoms with Gasteiger partial charge in [-0.2, -0.15) is 10.2 Å². The number of carbonyl (C=O) groups excluding carboxylic acids is 2. The molecular weight excluding hydrogens is 797 g/mol. The Labute approximate surface area is 350 Å². The molecule has 8 rings (SSSR count). The van der Waals surface area contributed by atoms with E-state index in [0.29, 0.717) is 48.9 Å². The van der Waals surface area contributed by atoms with Gasteiger partial charge in [0.15, 0.2) is 0 Å². The molecule has 59 heavy (non-hydrogen) atoms. The van der Waals surface area contributed by atoms with Crippen LogP contribution in [0.5, 0.6) is 0 Å². The first-order valence-corrected chi connectivity index (χ1v) is 21.9. The summed E-state index contributed by atoms with van der Waals surface area (Å²) in [6, 6.07) is 25.9. The van der Waals surface area contributed by atoms with Crippen LogP contribution in [0.15, 0.2) is 107 Å². The summed E-state index contributed by atoms with van der Waals surface area (Å²) in [4.78, 5) is 25.2. The molecule has 0 aromatic heterocycles. The summed E-state index contributed by atoms with van der Waals surface area (Å²) >= 11 is 2.62. The molecule has 2 amide bonds. The van der Waals surface area contributed by atoms with Crippen LogP contribution in [0.1, 0.15) is 92.9 Å². The molecule has 2 heterocycles. The molecule has 2 aliphatic carbocycles. The van der Waals surface area contributed by atoms with E-state index < -0.39 is 33.0 Å². The molecule has 2 fully saturated rings. The second-order valence-corrected chi connectivity index (χ2v) is 17.8. The minimum atomic E-state index is -0.825. The zero-order valence-corrected chi connectivity index (χ0v) is 34.3. The number of carbonyl (C=O) groups is 2. The number of nitrogens with two attached hydrogens (primary N) is 2. The summed E-state index contributed by atoms with van der Waals surface area (Å²) in [5.74, 6) is -2.47. The van der Waals surface area contributed by atoms with Crippen molar-refractivity contribution < 1.29 is 27.2 Å². The lowest BCUT2D eigenvalue weighted by molar-refractivity contribution is -0.142. The van der Waals surface area contributed by atoms with E-state index in [1.54, 1.807) is 5.01 Å². The van der Waals surface area contributed by atoms with Crippen molar-refractivity contribution in [2.24, 2.45) is 33.5 Å². The fourth-order valence-electron chi connectivity index (χ4n) is 8.00. The maximum atomic E-state index is 14.6. The van der Waals surface area contributed by atoms with Gasteiger partial charge in [0.2, 0.25) is 11.8 Å². The highest BCUT2D eigenvalue weighted by Gasteiger charge is 2.51. The normalized spacial score (nSPS) is 21.8. The predicted molar refractivity (Wildman–Crippen MR) is 227 cm³/mol. The van der Waals surface area contributed by atoms with Crippen LogP contribution < -0.4 is 11.5 Å². The SMILES string of the molecule is NCCCC1(c2ccccc2)SC(c2cc(F)ccc2F)=NN1C(=O)C1CCC1.NCCCC1(c2ccccc2)SC(c2cc(F)ccc2F)=NN1C(=O)C1CCCC1. The van der Waals surface area contributed by atoms with Gasteiger partial charge in [0.05, 0.1) is 0 Å². The molecule has 0 saturated heterocycles. The summed E-state index contributed by atoms with van der Waals surface area (Å²) in [6.07, 6.45) is 8.88. The maximum absolute atomic E-state index is 14.6. The Balaban J connectivity index is 0.000000179. The average molecular weight is 845 g/mol. The number of hydrogen-bond acceptors (Lipinski definition) is 8. The molecule has 4 aromatic carbocycles. The molecular formula is C45H48F4N6O2S2. The summed E-state index contributed by atoms with van der Waals surface area (Å²) in [5.41, 5.74) is 13.6. The van der Waals surface area contributed by atoms with Gasteiger partial charge in [-0.15, -0.1) is 0 Å². The molecule has 8 nitrogen and oxygen atoms in total. The van der Waals surface area contributed by atoms with Crippen LogP contribution in [0.3, 0.4) is 0 Å². The van der Waals surface area contributed by atoms with Gasteiger partial charge in [-0.1, -0.05) is 103 Å². The van der Waals surface area contributed by atoms with E-state index in [9.17, 15) is 27.2 Å². The lowest BCUT2D eigenvalue weighted by atomic mass is 9.84. The Bertz CT molecular complexity index is 2190. The van der Waals surface area contributed by atoms with Crippen LogP contribution in [0, 0.1) is 35.1 Å². The van der Waals surface area contributed by atoms with Crippen molar-refractivity contribution in [3.63, 3.8) is 0 Å². The van der Waals surface area contributed by atoms with Crippen molar-refractivity contribution in [3.05, 3.63) is 143 Å². The van der Waals surface area contributed by atoms with E-state index in [-0.39, 0.29) is 34.8 Å². The number of thioether (sulfide) groups is 2. The number of hydrogen-bond donors (Lipinski definition) is 2. The van der Waals surface area contributed by atoms with Crippen molar-refractivity contribution in [3.8, 4) is 0 Å². The van der Waals surface area contributed by atoms with Crippen LogP contribution in [0.4, 0.5) is 17.6 Å². The molecule has 14 heteroatoms. The molecule has 2 atom stereocenters. The monoisotopic (exact) mass is 844 g/mol. The number of hydrazone groups is 2. The molecule has 310 valence electrons. The minimum absolute atomic E-state index is 0.0484. The number of nitrogens with zero attached hydrogens (tertiary/aromatic N) is 4. The number of rotatable bonds is 12. The fourth-order valence-corrected chi connectivity index (χ4v) is 10.9. The number of benzene rings is 4. The molecule has 2 saturated carbocycles. The van der Waals surface area contributed by atoms with Gasteiger partial charge in [-0.3, -0.25) is 9.59 Å². The third kappa shape index (κ3) is 8.87. The molecule has 4 N–H and O–H groups in total. The summed E-state index contributed by atoms with van der Waals surface area (Å²) in [6.45, 7) is 0.925. The first kappa shape index (κ1) is 42.6. The highest BCUT2D eigenvalue weighted by molar-refractivity contribution is 8.15. The Kier molecular flexibility index (Phi) is 13.6. The van der Waals surface area contributed by atoms with Crippen LogP contribution in [0.25, 0.3) is 0 Å². The van der Waals surface area contributed by atoms with Crippen molar-refractivity contribution in [2.45, 2.75) is 80.4 Å². The van der Waals surface area contributed by atoms with Gasteiger partial charge < -0.3 is 11.5 Å². The van der Waals surface area contributed by atoms with Crippen LogP contribution in [0.2, 0.25) is 0 Å². The lowest BCUT2D eigenvalue weighted by Gasteiger charge is -2.39. The largest absolute Gasteiger partial charge is 0.330 e. The van der Waals surface area contributed by atoms with Crippen molar-refractivity contribution >= 4 is 45.4 Å². The summed E-state index contributed by atoms with van der Waals surface area (Å²) < 4.78 is 56.8. The van der Waals surface area contributed by atoms with Gasteiger partial charge in [0, 0.05) is 23.0 Å². The lowest BCUT2D eigenvalue weighted by Crippen LogP contribution is -2.45. The van der Waals surface area contributed by atoms with Gasteiger partial charge in [-0.25, -0.2) is 27.6 Å². The Morgan fingerprint density at radius 1 is 0.593 bits per heavy atom. The van der Waals surface area contributed by atoms with E-state index in [4.69, 9.17) is 11.5 Å². The summed E-state index contributed by atoms with van der Waals surface area (Å²) in [7, 11) is 0. The zero-order valence-electron chi connectivity index (χ0n) is 32.7. The minimum Gasteiger partial charge on any atom is -0.330 e. The first-order valence-electron chi connectivity index (χ1n) is 20.3. The van der Waals surface area contributed by atoms with Crippen molar-refractivity contribution in [2.75, 3.05) is 13.1 Å². The quantitative estimate of drug-likeness (QED) is 0.137. The molecule has 2 unspecified atom stereocenters. The van der Waals surface area contributed by atoms with E-state index >= 15 is 0 Å². The predicted octanol–water partition coefficient (Wildman–Crippen LogP) is 9.58. The number of amides is 2. The van der Waals surface area contributed by atoms with Gasteiger partial charge in [-0.05, 0) is 112 Å². The second kappa shape index (κ2) is 18.8. The molecule has 0 bridgehead atoms. The molecule has 0 radical (unpaired) electrons. The van der Waals surface area contributed by atoms with E-state index in [0.717, 1.165) is 92.5 Å². The summed E-state index contributed by atoms with van der Waals surface area (Å²) in [5, 5.41) is 12.9. The van der Waals surface area contributed by atoms with Crippen LogP contribution in [-0.4, -0.2) is 45.0 Å². The highest BCUT2D eigenvalue weighted by atomic mass is 32.2. The number of halogens is 4. The van der Waals surface area contributed by atoms with Gasteiger partial charge in [0.1, 0.15) is 43.1 Å². The average Bonchev–Trinajstić information content (AvgIpc) is 4.01. The van der Waals surface area contributed by atoms with Crippen LogP contribution in [-0.2, 0) is 19.3 Å². The highest BCUT2D eigenvalue weighted by Crippen LogP contribution is 2.53. The Hall–Kier alpha value is -4.50. The second-order valence-electron chi connectivity index (χ2n) is 15.3. The van der Waals surface area contributed by atoms with E-state index in [2.05, 4.69) is 10.2 Å². The van der Waals surface area contributed by atoms with E-state index in [1.807, 2.05) is 60.7 Å². The van der Waals surface area contributed by atoms with Crippen molar-refractivity contribution in [1.82, 2.24) is 10.0 Å². The third-order valence-electron chi connectivity index (χ3n) is 11.4. The molecule has 0 spiro atoms. The Morgan fingerprint density at radius 2 is 0.983 bits per heavy atom. The van der Waals surface area contributed by atoms with Gasteiger partial charge in [0.25, 0.3) is 0 Å².